The zero-order valence-corrected chi connectivity index (χ0v) is 7.95. The summed E-state index contributed by atoms with van der Waals surface area (Å²) in [5, 5.41) is 0. The third-order valence-electron chi connectivity index (χ3n) is 1.73. The Balaban J connectivity index is 2.55. The Morgan fingerprint density at radius 3 is 2.50 bits per heavy atom. The van der Waals surface area contributed by atoms with Gasteiger partial charge >= 0.3 is 0 Å². The van der Waals surface area contributed by atoms with Gasteiger partial charge in [0, 0.05) is 12.0 Å². The van der Waals surface area contributed by atoms with Gasteiger partial charge in [0.1, 0.15) is 5.75 Å². The van der Waals surface area contributed by atoms with Crippen LogP contribution in [0.25, 0.3) is 0 Å². The van der Waals surface area contributed by atoms with Gasteiger partial charge in [-0.2, -0.15) is 0 Å². The Hall–Kier alpha value is -1.64. The number of benzene rings is 1. The summed E-state index contributed by atoms with van der Waals surface area (Å²) in [6.07, 6.45) is 2.00. The van der Waals surface area contributed by atoms with E-state index in [0.29, 0.717) is 17.9 Å². The number of Topliss-reactive ketones (excluding diaryl/α,β-unsaturated/α-hetero) is 1. The number of carbonyl (C=O) groups excluding carboxylic acids is 2. The van der Waals surface area contributed by atoms with Crippen LogP contribution in [0.1, 0.15) is 23.7 Å². The van der Waals surface area contributed by atoms with Crippen molar-refractivity contribution >= 4 is 12.1 Å². The Labute approximate surface area is 82.7 Å². The average Bonchev–Trinajstić information content (AvgIpc) is 2.19. The molecule has 0 aromatic heterocycles. The fourth-order valence-electron chi connectivity index (χ4n) is 0.996. The molecular formula is C11H11O3. The van der Waals surface area contributed by atoms with Crippen molar-refractivity contribution in [2.24, 2.45) is 0 Å². The number of carbonyl (C=O) groups is 1. The molecule has 0 spiro atoms. The van der Waals surface area contributed by atoms with Crippen LogP contribution in [-0.2, 0) is 4.79 Å². The third-order valence-corrected chi connectivity index (χ3v) is 1.73. The molecule has 0 aliphatic carbocycles. The molecule has 1 rings (SSSR count). The molecular weight excluding hydrogens is 180 g/mol. The SMILES string of the molecule is CC(=O)c1ccc(OCC[C]=O)cc1. The summed E-state index contributed by atoms with van der Waals surface area (Å²) in [6.45, 7) is 1.83. The van der Waals surface area contributed by atoms with Gasteiger partial charge in [0.05, 0.1) is 6.61 Å². The maximum Gasteiger partial charge on any atom is 0.201 e. The predicted molar refractivity (Wildman–Crippen MR) is 52.3 cm³/mol. The Morgan fingerprint density at radius 1 is 1.36 bits per heavy atom. The quantitative estimate of drug-likeness (QED) is 0.526. The van der Waals surface area contributed by atoms with Gasteiger partial charge in [0.15, 0.2) is 5.78 Å². The van der Waals surface area contributed by atoms with Gasteiger partial charge in [-0.05, 0) is 31.2 Å². The van der Waals surface area contributed by atoms with E-state index in [1.165, 1.54) is 6.92 Å². The monoisotopic (exact) mass is 191 g/mol. The molecule has 0 atom stereocenters. The third kappa shape index (κ3) is 3.01. The zero-order chi connectivity index (χ0) is 10.4. The Morgan fingerprint density at radius 2 is 2.00 bits per heavy atom. The topological polar surface area (TPSA) is 43.4 Å². The fraction of sp³-hybridized carbons (Fsp3) is 0.273. The van der Waals surface area contributed by atoms with Gasteiger partial charge < -0.3 is 4.74 Å². The van der Waals surface area contributed by atoms with Crippen LogP contribution >= 0.6 is 0 Å². The van der Waals surface area contributed by atoms with E-state index in [4.69, 9.17) is 4.74 Å². The highest BCUT2D eigenvalue weighted by Crippen LogP contribution is 2.12. The Bertz CT molecular complexity index is 314. The van der Waals surface area contributed by atoms with Crippen molar-refractivity contribution in [3.8, 4) is 5.75 Å². The molecule has 0 N–H and O–H groups in total. The minimum atomic E-state index is 0.0257. The average molecular weight is 191 g/mol. The molecule has 3 nitrogen and oxygen atoms in total. The number of hydrogen-bond donors (Lipinski definition) is 0. The van der Waals surface area contributed by atoms with Crippen molar-refractivity contribution in [2.45, 2.75) is 13.3 Å². The lowest BCUT2D eigenvalue weighted by atomic mass is 10.1. The van der Waals surface area contributed by atoms with E-state index in [-0.39, 0.29) is 12.2 Å². The van der Waals surface area contributed by atoms with E-state index in [2.05, 4.69) is 0 Å². The van der Waals surface area contributed by atoms with E-state index in [1.807, 2.05) is 0 Å². The second kappa shape index (κ2) is 5.17. The van der Waals surface area contributed by atoms with Crippen LogP contribution in [0.5, 0.6) is 5.75 Å². The lowest BCUT2D eigenvalue weighted by Gasteiger charge is -2.03. The van der Waals surface area contributed by atoms with E-state index >= 15 is 0 Å². The molecule has 73 valence electrons. The molecule has 14 heavy (non-hydrogen) atoms. The molecule has 0 aliphatic heterocycles. The van der Waals surface area contributed by atoms with Gasteiger partial charge in [-0.15, -0.1) is 0 Å². The smallest absolute Gasteiger partial charge is 0.201 e. The second-order valence-electron chi connectivity index (χ2n) is 2.82. The lowest BCUT2D eigenvalue weighted by molar-refractivity contribution is 0.101. The molecule has 1 aromatic carbocycles. The second-order valence-corrected chi connectivity index (χ2v) is 2.82. The van der Waals surface area contributed by atoms with Gasteiger partial charge in [-0.1, -0.05) is 0 Å². The summed E-state index contributed by atoms with van der Waals surface area (Å²) in [6, 6.07) is 6.81. The van der Waals surface area contributed by atoms with E-state index < -0.39 is 0 Å². The standard InChI is InChI=1S/C11H11O3/c1-9(13)10-3-5-11(6-4-10)14-8-2-7-12/h3-6H,2,8H2,1H3. The minimum Gasteiger partial charge on any atom is -0.493 e. The van der Waals surface area contributed by atoms with Gasteiger partial charge in [0.25, 0.3) is 0 Å². The maximum atomic E-state index is 10.9. The molecule has 0 aliphatic rings. The largest absolute Gasteiger partial charge is 0.493 e. The summed E-state index contributed by atoms with van der Waals surface area (Å²) >= 11 is 0. The Kier molecular flexibility index (Phi) is 3.85. The summed E-state index contributed by atoms with van der Waals surface area (Å²) in [5.41, 5.74) is 0.652. The molecule has 1 radical (unpaired) electrons. The summed E-state index contributed by atoms with van der Waals surface area (Å²) in [7, 11) is 0. The van der Waals surface area contributed by atoms with Gasteiger partial charge in [-0.3, -0.25) is 9.59 Å². The summed E-state index contributed by atoms with van der Waals surface area (Å²) in [5.74, 6) is 0.683. The van der Waals surface area contributed by atoms with Gasteiger partial charge in [0.2, 0.25) is 6.29 Å². The van der Waals surface area contributed by atoms with Crippen LogP contribution in [0.3, 0.4) is 0 Å². The first-order chi connectivity index (χ1) is 6.74. The van der Waals surface area contributed by atoms with Crippen molar-refractivity contribution < 1.29 is 14.3 Å². The maximum absolute atomic E-state index is 10.9. The zero-order valence-electron chi connectivity index (χ0n) is 7.95. The molecule has 0 saturated heterocycles. The first kappa shape index (κ1) is 10.4. The van der Waals surface area contributed by atoms with E-state index in [1.54, 1.807) is 30.6 Å². The molecule has 0 amide bonds. The predicted octanol–water partition coefficient (Wildman–Crippen LogP) is 1.77. The van der Waals surface area contributed by atoms with Crippen molar-refractivity contribution in [1.82, 2.24) is 0 Å². The number of rotatable bonds is 5. The van der Waals surface area contributed by atoms with Crippen LogP contribution in [-0.4, -0.2) is 18.7 Å². The van der Waals surface area contributed by atoms with E-state index in [0.717, 1.165) is 0 Å². The number of ketones is 1. The molecule has 0 unspecified atom stereocenters. The fourth-order valence-corrected chi connectivity index (χ4v) is 0.996. The first-order valence-corrected chi connectivity index (χ1v) is 4.33. The number of ether oxygens (including phenoxy) is 1. The summed E-state index contributed by atoms with van der Waals surface area (Å²) < 4.78 is 5.21. The first-order valence-electron chi connectivity index (χ1n) is 4.33. The summed E-state index contributed by atoms with van der Waals surface area (Å²) in [4.78, 5) is 20.8. The van der Waals surface area contributed by atoms with Crippen LogP contribution in [0.2, 0.25) is 0 Å². The lowest BCUT2D eigenvalue weighted by Crippen LogP contribution is -1.98. The van der Waals surface area contributed by atoms with Crippen LogP contribution in [0, 0.1) is 0 Å². The van der Waals surface area contributed by atoms with Crippen LogP contribution in [0.4, 0.5) is 0 Å². The molecule has 1 aromatic rings. The van der Waals surface area contributed by atoms with E-state index in [9.17, 15) is 9.59 Å². The molecule has 0 bridgehead atoms. The normalized spacial score (nSPS) is 9.50. The highest BCUT2D eigenvalue weighted by Gasteiger charge is 1.98. The minimum absolute atomic E-state index is 0.0257. The van der Waals surface area contributed by atoms with Crippen molar-refractivity contribution in [2.75, 3.05) is 6.61 Å². The molecule has 0 heterocycles. The van der Waals surface area contributed by atoms with Crippen LogP contribution in [0.15, 0.2) is 24.3 Å². The van der Waals surface area contributed by atoms with Crippen molar-refractivity contribution in [3.05, 3.63) is 29.8 Å². The molecule has 3 heteroatoms. The highest BCUT2D eigenvalue weighted by molar-refractivity contribution is 5.94. The van der Waals surface area contributed by atoms with Crippen LogP contribution < -0.4 is 4.74 Å². The molecule has 0 fully saturated rings. The van der Waals surface area contributed by atoms with Crippen molar-refractivity contribution in [3.63, 3.8) is 0 Å². The van der Waals surface area contributed by atoms with Gasteiger partial charge in [-0.25, -0.2) is 0 Å². The highest BCUT2D eigenvalue weighted by atomic mass is 16.5. The molecule has 0 saturated carbocycles. The van der Waals surface area contributed by atoms with Crippen molar-refractivity contribution in [1.29, 1.82) is 0 Å². The number of hydrogen-bond acceptors (Lipinski definition) is 3.